The van der Waals surface area contributed by atoms with Gasteiger partial charge in [0, 0.05) is 48.5 Å². The smallest absolute Gasteiger partial charge is 0.340 e. The molecule has 0 saturated heterocycles. The predicted octanol–water partition coefficient (Wildman–Crippen LogP) is 10.9. The number of aliphatic hydroxyl groups excluding tert-OH is 3. The molecule has 9 atom stereocenters. The van der Waals surface area contributed by atoms with Gasteiger partial charge in [-0.1, -0.05) is 85.6 Å². The first kappa shape index (κ1) is 50.6. The van der Waals surface area contributed by atoms with Crippen molar-refractivity contribution in [2.45, 2.75) is 158 Å². The van der Waals surface area contributed by atoms with Gasteiger partial charge < -0.3 is 38.7 Å². The van der Waals surface area contributed by atoms with Gasteiger partial charge in [-0.15, -0.1) is 0 Å². The van der Waals surface area contributed by atoms with E-state index in [9.17, 15) is 20.1 Å². The van der Waals surface area contributed by atoms with E-state index in [0.717, 1.165) is 77.0 Å². The molecule has 74 heavy (non-hydrogen) atoms. The van der Waals surface area contributed by atoms with Gasteiger partial charge in [-0.3, -0.25) is 4.79 Å². The van der Waals surface area contributed by atoms with Crippen LogP contribution in [0.5, 0.6) is 5.75 Å². The lowest BCUT2D eigenvalue weighted by molar-refractivity contribution is -0.229. The SMILES string of the molecule is COC[C@@H](CCO)c1c(CO)c2ccc3c(c2oc1=O)[C@H]1OC(=O)C[C@@H]2C[C@H](c4cccc(Cc5ccccc5)c4)CC[C@H]2c2ccc4c(c2)CC[C@]25CCCC[C@H]2[C@](CCC5)(O3)[C@H]1OC(=O)/C(=C(/C)CO)CC4. The van der Waals surface area contributed by atoms with Gasteiger partial charge in [-0.2, -0.15) is 0 Å². The minimum Gasteiger partial charge on any atom is -0.482 e. The van der Waals surface area contributed by atoms with Gasteiger partial charge >= 0.3 is 17.6 Å². The second-order valence-corrected chi connectivity index (χ2v) is 22.7. The van der Waals surface area contributed by atoms with Crippen LogP contribution in [0.1, 0.15) is 171 Å². The molecule has 390 valence electrons. The fourth-order valence-corrected chi connectivity index (χ4v) is 15.2. The summed E-state index contributed by atoms with van der Waals surface area (Å²) in [6, 6.07) is 30.1. The molecule has 4 aromatic carbocycles. The number of methoxy groups -OCH3 is 1. The third-order valence-electron chi connectivity index (χ3n) is 18.7. The van der Waals surface area contributed by atoms with E-state index in [1.165, 1.54) is 40.5 Å². The van der Waals surface area contributed by atoms with Crippen molar-refractivity contribution in [1.29, 1.82) is 0 Å². The molecule has 0 unspecified atom stereocenters. The molecule has 11 heteroatoms. The molecule has 6 bridgehead atoms. The zero-order valence-electron chi connectivity index (χ0n) is 43.1. The molecule has 3 saturated carbocycles. The summed E-state index contributed by atoms with van der Waals surface area (Å²) in [6.07, 6.45) is 10.3. The minimum atomic E-state index is -1.27. The van der Waals surface area contributed by atoms with Crippen molar-refractivity contribution in [3.63, 3.8) is 0 Å². The van der Waals surface area contributed by atoms with Crippen LogP contribution in [-0.4, -0.2) is 65.9 Å². The van der Waals surface area contributed by atoms with Gasteiger partial charge in [-0.25, -0.2) is 9.59 Å². The molecule has 4 heterocycles. The Morgan fingerprint density at radius 2 is 1.64 bits per heavy atom. The lowest BCUT2D eigenvalue weighted by Crippen LogP contribution is -2.66. The van der Waals surface area contributed by atoms with Crippen LogP contribution in [0.25, 0.3) is 11.0 Å². The molecule has 3 N–H and O–H groups in total. The van der Waals surface area contributed by atoms with Gasteiger partial charge in [0.25, 0.3) is 0 Å². The van der Waals surface area contributed by atoms with Crippen molar-refractivity contribution in [3.8, 4) is 5.75 Å². The van der Waals surface area contributed by atoms with Crippen LogP contribution in [-0.2, 0) is 49.7 Å². The van der Waals surface area contributed by atoms with E-state index in [0.29, 0.717) is 47.1 Å². The second-order valence-electron chi connectivity index (χ2n) is 22.7. The monoisotopic (exact) mass is 1000 g/mol. The van der Waals surface area contributed by atoms with Crippen molar-refractivity contribution < 1.29 is 48.3 Å². The Bertz CT molecular complexity index is 2980. The minimum absolute atomic E-state index is 0.0781. The van der Waals surface area contributed by atoms with Crippen LogP contribution in [0.3, 0.4) is 0 Å². The zero-order chi connectivity index (χ0) is 51.1. The number of aliphatic hydroxyl groups is 3. The fourth-order valence-electron chi connectivity index (χ4n) is 15.2. The molecule has 6 aliphatic rings. The average Bonchev–Trinajstić information content (AvgIpc) is 3.42. The van der Waals surface area contributed by atoms with E-state index >= 15 is 9.59 Å². The van der Waals surface area contributed by atoms with Crippen LogP contribution >= 0.6 is 0 Å². The van der Waals surface area contributed by atoms with Crippen LogP contribution < -0.4 is 10.4 Å². The molecular weight excluding hydrogens is 933 g/mol. The standard InChI is InChI=1S/C63H72O11/c1-38(35-65)48-19-17-41-15-16-45-32-44(41)23-28-62-25-7-6-14-53(62)63(27-9-26-62)59(73-60(48)68)58(56-52(74-63)22-21-50-51(36-66)55(61(69)72-57(50)56)46(24-29-64)37-70-2)71-54(67)34-47-33-43(18-20-49(45)47)42-13-8-12-40(31-42)30-39-10-4-3-5-11-39/h3-5,8,10-13,15-16,21-22,31-32,43,46-47,49,53,58-59,64-66H,6-7,9,14,17-20,23-30,33-37H2,1-2H3/b48-38-/t43-,46-,47+,49+,53-,58-,59+,62-,63+/m1/s1. The van der Waals surface area contributed by atoms with Gasteiger partial charge in [0.2, 0.25) is 0 Å². The van der Waals surface area contributed by atoms with Crippen LogP contribution in [0.15, 0.2) is 105 Å². The highest BCUT2D eigenvalue weighted by atomic mass is 16.6. The molecule has 0 radical (unpaired) electrons. The largest absolute Gasteiger partial charge is 0.482 e. The van der Waals surface area contributed by atoms with Crippen LogP contribution in [0.2, 0.25) is 0 Å². The maximum Gasteiger partial charge on any atom is 0.340 e. The quantitative estimate of drug-likeness (QED) is 0.0694. The molecule has 3 fully saturated rings. The lowest BCUT2D eigenvalue weighted by atomic mass is 9.50. The van der Waals surface area contributed by atoms with E-state index in [4.69, 9.17) is 23.4 Å². The highest BCUT2D eigenvalue weighted by Gasteiger charge is 2.65. The van der Waals surface area contributed by atoms with Crippen molar-refractivity contribution in [3.05, 3.63) is 157 Å². The normalized spacial score (nSPS) is 28.8. The number of fused-ring (bicyclic) bond motifs is 8. The maximum absolute atomic E-state index is 15.5. The molecular formula is C63H72O11. The van der Waals surface area contributed by atoms with Crippen LogP contribution in [0, 0.1) is 17.3 Å². The second kappa shape index (κ2) is 21.2. The Kier molecular flexibility index (Phi) is 14.5. The third-order valence-corrected chi connectivity index (χ3v) is 18.7. The van der Waals surface area contributed by atoms with Crippen molar-refractivity contribution >= 4 is 22.9 Å². The highest BCUT2D eigenvalue weighted by Crippen LogP contribution is 2.63. The van der Waals surface area contributed by atoms with Crippen molar-refractivity contribution in [1.82, 2.24) is 0 Å². The van der Waals surface area contributed by atoms with E-state index in [1.54, 1.807) is 13.0 Å². The summed E-state index contributed by atoms with van der Waals surface area (Å²) in [5.41, 5.74) is 7.28. The predicted molar refractivity (Wildman–Crippen MR) is 281 cm³/mol. The van der Waals surface area contributed by atoms with Gasteiger partial charge in [-0.05, 0) is 177 Å². The highest BCUT2D eigenvalue weighted by molar-refractivity contribution is 5.90. The summed E-state index contributed by atoms with van der Waals surface area (Å²) in [7, 11) is 1.52. The number of ether oxygens (including phenoxy) is 4. The maximum atomic E-state index is 15.5. The van der Waals surface area contributed by atoms with E-state index in [1.807, 2.05) is 12.1 Å². The van der Waals surface area contributed by atoms with Gasteiger partial charge in [0.15, 0.2) is 17.8 Å². The molecule has 3 aliphatic heterocycles. The molecule has 1 aromatic heterocycles. The number of rotatable bonds is 10. The molecule has 0 amide bonds. The van der Waals surface area contributed by atoms with Crippen molar-refractivity contribution in [2.24, 2.45) is 17.3 Å². The first-order valence-electron chi connectivity index (χ1n) is 27.5. The Labute approximate surface area is 434 Å². The number of hydrogen-bond acceptors (Lipinski definition) is 11. The fraction of sp³-hybridized carbons (Fsp3) is 0.508. The van der Waals surface area contributed by atoms with E-state index in [2.05, 4.69) is 66.7 Å². The van der Waals surface area contributed by atoms with Crippen LogP contribution in [0.4, 0.5) is 0 Å². The number of carbonyl (C=O) groups excluding carboxylic acids is 2. The first-order chi connectivity index (χ1) is 36.1. The Balaban J connectivity index is 1.11. The Morgan fingerprint density at radius 3 is 2.45 bits per heavy atom. The summed E-state index contributed by atoms with van der Waals surface area (Å²) >= 11 is 0. The number of carbonyl (C=O) groups is 2. The average molecular weight is 1010 g/mol. The Hall–Kier alpha value is -5.59. The number of esters is 2. The molecule has 11 rings (SSSR count). The van der Waals surface area contributed by atoms with E-state index in [-0.39, 0.29) is 78.5 Å². The molecule has 1 spiro atoms. The molecule has 3 aliphatic carbocycles. The summed E-state index contributed by atoms with van der Waals surface area (Å²) in [5, 5.41) is 32.4. The number of hydrogen-bond donors (Lipinski definition) is 3. The van der Waals surface area contributed by atoms with Crippen molar-refractivity contribution in [2.75, 3.05) is 26.9 Å². The molecule has 5 aromatic rings. The summed E-state index contributed by atoms with van der Waals surface area (Å²) in [6.45, 7) is 0.809. The van der Waals surface area contributed by atoms with Gasteiger partial charge in [0.05, 0.1) is 25.4 Å². The summed E-state index contributed by atoms with van der Waals surface area (Å²) < 4.78 is 33.6. The first-order valence-corrected chi connectivity index (χ1v) is 27.5. The lowest BCUT2D eigenvalue weighted by Gasteiger charge is -2.60. The van der Waals surface area contributed by atoms with E-state index < -0.39 is 47.9 Å². The topological polar surface area (TPSA) is 162 Å². The third kappa shape index (κ3) is 9.23. The Morgan fingerprint density at radius 1 is 0.797 bits per heavy atom. The number of aryl methyl sites for hydroxylation is 2. The van der Waals surface area contributed by atoms with Gasteiger partial charge in [0.1, 0.15) is 11.3 Å². The number of benzene rings is 4. The summed E-state index contributed by atoms with van der Waals surface area (Å²) in [4.78, 5) is 45.4. The summed E-state index contributed by atoms with van der Waals surface area (Å²) in [5.74, 6) is -1.11. The zero-order valence-corrected chi connectivity index (χ0v) is 43.1. The molecule has 11 nitrogen and oxygen atoms in total.